The molecule has 1 aliphatic heterocycles. The molecule has 0 radical (unpaired) electrons. The van der Waals surface area contributed by atoms with Crippen molar-refractivity contribution in [2.24, 2.45) is 0 Å². The second-order valence-electron chi connectivity index (χ2n) is 3.30. The molecule has 3 heteroatoms. The van der Waals surface area contributed by atoms with Crippen LogP contribution in [0.1, 0.15) is 13.3 Å². The summed E-state index contributed by atoms with van der Waals surface area (Å²) in [5, 5.41) is 6.70. The number of hydrogen-bond acceptors (Lipinski definition) is 3. The highest BCUT2D eigenvalue weighted by molar-refractivity contribution is 4.67. The first kappa shape index (κ1) is 9.96. The summed E-state index contributed by atoms with van der Waals surface area (Å²) in [4.78, 5) is 2.54. The van der Waals surface area contributed by atoms with Crippen LogP contribution in [0.2, 0.25) is 0 Å². The standard InChI is InChI=1S/C9H21N3/c1-2-10-4-3-7-12-8-5-11-6-9-12/h10-11H,2-9H2,1H3. The molecule has 1 saturated heterocycles. The summed E-state index contributed by atoms with van der Waals surface area (Å²) in [6.07, 6.45) is 1.29. The Hall–Kier alpha value is -0.120. The van der Waals surface area contributed by atoms with Gasteiger partial charge in [-0.1, -0.05) is 6.92 Å². The quantitative estimate of drug-likeness (QED) is 0.565. The van der Waals surface area contributed by atoms with Crippen LogP contribution in [0.25, 0.3) is 0 Å². The van der Waals surface area contributed by atoms with Crippen molar-refractivity contribution < 1.29 is 0 Å². The molecule has 0 atom stereocenters. The number of hydrogen-bond donors (Lipinski definition) is 2. The van der Waals surface area contributed by atoms with E-state index in [4.69, 9.17) is 0 Å². The maximum Gasteiger partial charge on any atom is 0.0107 e. The van der Waals surface area contributed by atoms with Crippen LogP contribution in [0.15, 0.2) is 0 Å². The lowest BCUT2D eigenvalue weighted by Gasteiger charge is -2.26. The summed E-state index contributed by atoms with van der Waals surface area (Å²) < 4.78 is 0. The Morgan fingerprint density at radius 2 is 2.08 bits per heavy atom. The molecule has 0 bridgehead atoms. The molecule has 12 heavy (non-hydrogen) atoms. The monoisotopic (exact) mass is 171 g/mol. The minimum absolute atomic E-state index is 1.10. The van der Waals surface area contributed by atoms with Gasteiger partial charge in [-0.25, -0.2) is 0 Å². The van der Waals surface area contributed by atoms with Crippen molar-refractivity contribution in [3.8, 4) is 0 Å². The van der Waals surface area contributed by atoms with E-state index in [1.807, 2.05) is 0 Å². The van der Waals surface area contributed by atoms with Crippen molar-refractivity contribution in [3.05, 3.63) is 0 Å². The van der Waals surface area contributed by atoms with Crippen LogP contribution in [-0.2, 0) is 0 Å². The maximum atomic E-state index is 3.36. The zero-order chi connectivity index (χ0) is 8.65. The minimum atomic E-state index is 1.10. The van der Waals surface area contributed by atoms with Crippen molar-refractivity contribution >= 4 is 0 Å². The highest BCUT2D eigenvalue weighted by Crippen LogP contribution is 1.92. The third-order valence-electron chi connectivity index (χ3n) is 2.29. The van der Waals surface area contributed by atoms with E-state index in [1.54, 1.807) is 0 Å². The van der Waals surface area contributed by atoms with Gasteiger partial charge in [0.05, 0.1) is 0 Å². The lowest BCUT2D eigenvalue weighted by Crippen LogP contribution is -2.44. The van der Waals surface area contributed by atoms with Gasteiger partial charge in [-0.2, -0.15) is 0 Å². The van der Waals surface area contributed by atoms with Crippen LogP contribution < -0.4 is 10.6 Å². The highest BCUT2D eigenvalue weighted by atomic mass is 15.2. The van der Waals surface area contributed by atoms with Gasteiger partial charge in [-0.05, 0) is 26.1 Å². The fourth-order valence-corrected chi connectivity index (χ4v) is 1.54. The Morgan fingerprint density at radius 3 is 2.75 bits per heavy atom. The fourth-order valence-electron chi connectivity index (χ4n) is 1.54. The van der Waals surface area contributed by atoms with Crippen LogP contribution in [-0.4, -0.2) is 50.7 Å². The van der Waals surface area contributed by atoms with E-state index in [-0.39, 0.29) is 0 Å². The molecule has 72 valence electrons. The van der Waals surface area contributed by atoms with Crippen molar-refractivity contribution in [3.63, 3.8) is 0 Å². The van der Waals surface area contributed by atoms with Gasteiger partial charge in [0.2, 0.25) is 0 Å². The maximum absolute atomic E-state index is 3.36. The zero-order valence-corrected chi connectivity index (χ0v) is 8.10. The van der Waals surface area contributed by atoms with E-state index in [1.165, 1.54) is 45.7 Å². The smallest absolute Gasteiger partial charge is 0.0107 e. The van der Waals surface area contributed by atoms with E-state index in [9.17, 15) is 0 Å². The first-order valence-corrected chi connectivity index (χ1v) is 5.07. The Labute approximate surface area is 75.5 Å². The summed E-state index contributed by atoms with van der Waals surface area (Å²) in [7, 11) is 0. The molecular weight excluding hydrogens is 150 g/mol. The predicted octanol–water partition coefficient (Wildman–Crippen LogP) is -0.109. The average molecular weight is 171 g/mol. The molecule has 0 amide bonds. The molecule has 0 aromatic carbocycles. The van der Waals surface area contributed by atoms with Crippen molar-refractivity contribution in [1.29, 1.82) is 0 Å². The molecule has 0 unspecified atom stereocenters. The summed E-state index contributed by atoms with van der Waals surface area (Å²) in [6, 6.07) is 0. The summed E-state index contributed by atoms with van der Waals surface area (Å²) in [5.41, 5.74) is 0. The molecule has 0 aliphatic carbocycles. The summed E-state index contributed by atoms with van der Waals surface area (Å²) in [6.45, 7) is 10.5. The molecular formula is C9H21N3. The molecule has 1 rings (SSSR count). The third-order valence-corrected chi connectivity index (χ3v) is 2.29. The SMILES string of the molecule is CCNCCCN1CCNCC1. The molecule has 1 fully saturated rings. The Bertz CT molecular complexity index is 99.9. The Morgan fingerprint density at radius 1 is 1.33 bits per heavy atom. The Kier molecular flexibility index (Phi) is 5.32. The molecule has 2 N–H and O–H groups in total. The van der Waals surface area contributed by atoms with E-state index in [0.717, 1.165) is 6.54 Å². The average Bonchev–Trinajstić information content (AvgIpc) is 2.14. The Balaban J connectivity index is 1.91. The zero-order valence-electron chi connectivity index (χ0n) is 8.10. The van der Waals surface area contributed by atoms with Crippen molar-refractivity contribution in [2.45, 2.75) is 13.3 Å². The number of piperazine rings is 1. The first-order valence-electron chi connectivity index (χ1n) is 5.07. The largest absolute Gasteiger partial charge is 0.317 e. The second-order valence-corrected chi connectivity index (χ2v) is 3.30. The molecule has 1 aliphatic rings. The van der Waals surface area contributed by atoms with Gasteiger partial charge in [0.15, 0.2) is 0 Å². The van der Waals surface area contributed by atoms with Gasteiger partial charge in [0.25, 0.3) is 0 Å². The third kappa shape index (κ3) is 4.04. The predicted molar refractivity (Wildman–Crippen MR) is 52.5 cm³/mol. The number of nitrogens with one attached hydrogen (secondary N) is 2. The molecule has 0 spiro atoms. The van der Waals surface area contributed by atoms with Gasteiger partial charge in [-0.3, -0.25) is 0 Å². The number of nitrogens with zero attached hydrogens (tertiary/aromatic N) is 1. The van der Waals surface area contributed by atoms with Crippen LogP contribution >= 0.6 is 0 Å². The fraction of sp³-hybridized carbons (Fsp3) is 1.00. The second kappa shape index (κ2) is 6.40. The van der Waals surface area contributed by atoms with Crippen LogP contribution in [0.5, 0.6) is 0 Å². The van der Waals surface area contributed by atoms with Crippen LogP contribution in [0.4, 0.5) is 0 Å². The number of rotatable bonds is 5. The topological polar surface area (TPSA) is 27.3 Å². The van der Waals surface area contributed by atoms with E-state index < -0.39 is 0 Å². The summed E-state index contributed by atoms with van der Waals surface area (Å²) >= 11 is 0. The van der Waals surface area contributed by atoms with Gasteiger partial charge in [-0.15, -0.1) is 0 Å². The lowest BCUT2D eigenvalue weighted by atomic mass is 10.3. The molecule has 1 heterocycles. The molecule has 3 nitrogen and oxygen atoms in total. The van der Waals surface area contributed by atoms with Gasteiger partial charge in [0.1, 0.15) is 0 Å². The van der Waals surface area contributed by atoms with E-state index in [2.05, 4.69) is 22.5 Å². The van der Waals surface area contributed by atoms with Crippen LogP contribution in [0.3, 0.4) is 0 Å². The van der Waals surface area contributed by atoms with E-state index >= 15 is 0 Å². The van der Waals surface area contributed by atoms with E-state index in [0.29, 0.717) is 0 Å². The lowest BCUT2D eigenvalue weighted by molar-refractivity contribution is 0.238. The van der Waals surface area contributed by atoms with Crippen molar-refractivity contribution in [2.75, 3.05) is 45.8 Å². The van der Waals surface area contributed by atoms with Gasteiger partial charge in [0, 0.05) is 26.2 Å². The molecule has 0 saturated carbocycles. The molecule has 0 aromatic rings. The summed E-state index contributed by atoms with van der Waals surface area (Å²) in [5.74, 6) is 0. The van der Waals surface area contributed by atoms with Crippen molar-refractivity contribution in [1.82, 2.24) is 15.5 Å². The van der Waals surface area contributed by atoms with Gasteiger partial charge >= 0.3 is 0 Å². The van der Waals surface area contributed by atoms with Crippen LogP contribution in [0, 0.1) is 0 Å². The first-order chi connectivity index (χ1) is 5.93. The van der Waals surface area contributed by atoms with Gasteiger partial charge < -0.3 is 15.5 Å². The minimum Gasteiger partial charge on any atom is -0.317 e. The molecule has 0 aromatic heterocycles. The highest BCUT2D eigenvalue weighted by Gasteiger charge is 2.07. The normalized spacial score (nSPS) is 19.8.